The van der Waals surface area contributed by atoms with Crippen LogP contribution in [-0.4, -0.2) is 138 Å². The second kappa shape index (κ2) is 21.9. The number of hydrogen-bond donors (Lipinski definition) is 2. The van der Waals surface area contributed by atoms with E-state index in [1.54, 1.807) is 0 Å². The van der Waals surface area contributed by atoms with Gasteiger partial charge in [-0.15, -0.1) is 0 Å². The maximum absolute atomic E-state index is 11.7. The van der Waals surface area contributed by atoms with Crippen molar-refractivity contribution < 1.29 is 87.7 Å². The number of hydrogen-bond acceptors (Lipinski definition) is 12. The Kier molecular flexibility index (Phi) is 20.3. The Morgan fingerprint density at radius 2 is 0.942 bits per heavy atom. The average molecular weight is 794 g/mol. The molecule has 4 aliphatic heterocycles. The summed E-state index contributed by atoms with van der Waals surface area (Å²) in [4.78, 5) is 47.8. The average Bonchev–Trinajstić information content (AvgIpc) is 3.42. The van der Waals surface area contributed by atoms with E-state index in [9.17, 15) is 45.1 Å². The van der Waals surface area contributed by atoms with Crippen molar-refractivity contribution in [1.82, 2.24) is 19.9 Å². The SMILES string of the molecule is CCCC[N+](CCCC)(CCCC)CCCC.NC(=O)[C@@H]1CC[C@@H]2CN1C(=O)N2OS(=O)(=O)[O-].NC(=O)[C@@H]1CC[C@@H]2CN1C(=O)N2OS(=O)(=O)[O-].[Na+]. The smallest absolute Gasteiger partial charge is 0.724 e. The Morgan fingerprint density at radius 3 is 1.17 bits per heavy atom. The topological polar surface area (TPSA) is 266 Å². The van der Waals surface area contributed by atoms with Gasteiger partial charge in [0.15, 0.2) is 0 Å². The maximum atomic E-state index is 11.7. The predicted octanol–water partition coefficient (Wildman–Crippen LogP) is -1.73. The van der Waals surface area contributed by atoms with Crippen LogP contribution < -0.4 is 41.0 Å². The third-order valence-corrected chi connectivity index (χ3v) is 10.3. The number of quaternary nitrogens is 1. The summed E-state index contributed by atoms with van der Waals surface area (Å²) in [5.41, 5.74) is 10.2. The van der Waals surface area contributed by atoms with Gasteiger partial charge in [-0.3, -0.25) is 9.59 Å². The van der Waals surface area contributed by atoms with E-state index in [-0.39, 0.29) is 42.6 Å². The molecule has 52 heavy (non-hydrogen) atoms. The zero-order valence-corrected chi connectivity index (χ0v) is 34.8. The van der Waals surface area contributed by atoms with Crippen molar-refractivity contribution >= 4 is 44.7 Å². The van der Waals surface area contributed by atoms with Gasteiger partial charge >= 0.3 is 41.6 Å². The van der Waals surface area contributed by atoms with Gasteiger partial charge in [-0.25, -0.2) is 26.4 Å². The van der Waals surface area contributed by atoms with Crippen LogP contribution in [0, 0.1) is 0 Å². The van der Waals surface area contributed by atoms with Crippen LogP contribution in [-0.2, 0) is 39.0 Å². The van der Waals surface area contributed by atoms with Crippen LogP contribution in [0.1, 0.15) is 105 Å². The number of carbonyl (C=O) groups is 4. The van der Waals surface area contributed by atoms with E-state index < -0.39 is 68.8 Å². The fourth-order valence-corrected chi connectivity index (χ4v) is 7.66. The Bertz CT molecular complexity index is 1280. The molecule has 0 unspecified atom stereocenters. The summed E-state index contributed by atoms with van der Waals surface area (Å²) in [5, 5.41) is 1.01. The second-order valence-corrected chi connectivity index (χ2v) is 15.4. The normalized spacial score (nSPS) is 22.7. The largest absolute Gasteiger partial charge is 1.00 e. The van der Waals surface area contributed by atoms with Crippen LogP contribution >= 0.6 is 0 Å². The summed E-state index contributed by atoms with van der Waals surface area (Å²) in [7, 11) is -10.0. The van der Waals surface area contributed by atoms with Gasteiger partial charge in [0.05, 0.1) is 38.3 Å². The van der Waals surface area contributed by atoms with Gasteiger partial charge < -0.3 is 34.9 Å². The van der Waals surface area contributed by atoms with E-state index in [0.29, 0.717) is 35.8 Å². The zero-order valence-electron chi connectivity index (χ0n) is 31.1. The fourth-order valence-electron chi connectivity index (χ4n) is 6.89. The zero-order chi connectivity index (χ0) is 38.6. The van der Waals surface area contributed by atoms with Crippen molar-refractivity contribution in [2.24, 2.45) is 11.5 Å². The molecule has 4 heterocycles. The standard InChI is InChI=1S/C16H36N.2C7H11N3O6S.Na/c1-5-9-13-17(14-10-6-2,15-11-7-3)16-12-8-4;2*8-6(11)5-2-1-4-3-9(5)7(12)10(4)16-17(13,14)15;/h5-16H2,1-4H3;2*4-5H,1-3H2,(H2,8,11)(H,13,14,15);/q+1;;;+1/p-2/t;2*4-,5+;/m.11./s1. The molecule has 4 N–H and O–H groups in total. The van der Waals surface area contributed by atoms with Crippen molar-refractivity contribution in [3.63, 3.8) is 0 Å². The number of amides is 6. The number of fused-ring (bicyclic) bond motifs is 4. The molecular formula is C30H56N7NaO12S2. The first kappa shape index (κ1) is 48.2. The van der Waals surface area contributed by atoms with Crippen molar-refractivity contribution in [1.29, 1.82) is 0 Å². The quantitative estimate of drug-likeness (QED) is 0.0679. The molecule has 4 fully saturated rings. The molecule has 0 radical (unpaired) electrons. The number of rotatable bonds is 18. The van der Waals surface area contributed by atoms with Gasteiger partial charge in [0.25, 0.3) is 0 Å². The molecule has 19 nitrogen and oxygen atoms in total. The third kappa shape index (κ3) is 14.4. The van der Waals surface area contributed by atoms with E-state index in [1.807, 2.05) is 0 Å². The van der Waals surface area contributed by atoms with Gasteiger partial charge in [0, 0.05) is 13.1 Å². The van der Waals surface area contributed by atoms with Crippen LogP contribution in [0.2, 0.25) is 0 Å². The Labute approximate surface area is 330 Å². The minimum absolute atomic E-state index is 0. The Morgan fingerprint density at radius 1 is 0.654 bits per heavy atom. The predicted molar refractivity (Wildman–Crippen MR) is 181 cm³/mol. The number of urea groups is 2. The number of piperidine rings is 2. The van der Waals surface area contributed by atoms with Crippen LogP contribution in [0.25, 0.3) is 0 Å². The molecule has 4 saturated heterocycles. The maximum Gasteiger partial charge on any atom is 1.00 e. The number of carbonyl (C=O) groups excluding carboxylic acids is 4. The Hall–Kier alpha value is -1.82. The number of nitrogens with two attached hydrogens (primary N) is 2. The number of hydroxylamine groups is 4. The van der Waals surface area contributed by atoms with Crippen molar-refractivity contribution in [2.45, 2.75) is 129 Å². The first-order chi connectivity index (χ1) is 23.8. The summed E-state index contributed by atoms with van der Waals surface area (Å²) in [6.45, 7) is 15.3. The van der Waals surface area contributed by atoms with Gasteiger partial charge in [-0.1, -0.05) is 53.4 Å². The van der Waals surface area contributed by atoms with E-state index in [2.05, 4.69) is 36.3 Å². The number of unbranched alkanes of at least 4 members (excludes halogenated alkanes) is 4. The molecule has 4 bridgehead atoms. The van der Waals surface area contributed by atoms with Crippen LogP contribution in [0.5, 0.6) is 0 Å². The molecule has 296 valence electrons. The van der Waals surface area contributed by atoms with E-state index in [1.165, 1.54) is 82.0 Å². The second-order valence-electron chi connectivity index (χ2n) is 13.4. The van der Waals surface area contributed by atoms with Crippen molar-refractivity contribution in [2.75, 3.05) is 39.3 Å². The summed E-state index contributed by atoms with van der Waals surface area (Å²) in [5.74, 6) is -1.33. The molecule has 4 rings (SSSR count). The van der Waals surface area contributed by atoms with Gasteiger partial charge in [0.1, 0.15) is 12.1 Å². The van der Waals surface area contributed by atoms with E-state index in [4.69, 9.17) is 11.5 Å². The molecule has 0 aromatic carbocycles. The summed E-state index contributed by atoms with van der Waals surface area (Å²) < 4.78 is 72.3. The molecule has 4 atom stereocenters. The molecule has 4 aliphatic rings. The van der Waals surface area contributed by atoms with E-state index in [0.717, 1.165) is 9.80 Å². The number of primary amides is 2. The fraction of sp³-hybridized carbons (Fsp3) is 0.867. The molecular weight excluding hydrogens is 737 g/mol. The monoisotopic (exact) mass is 793 g/mol. The van der Waals surface area contributed by atoms with Crippen LogP contribution in [0.4, 0.5) is 9.59 Å². The van der Waals surface area contributed by atoms with Crippen molar-refractivity contribution in [3.05, 3.63) is 0 Å². The molecule has 0 saturated carbocycles. The first-order valence-corrected chi connectivity index (χ1v) is 20.4. The summed E-state index contributed by atoms with van der Waals surface area (Å²) >= 11 is 0. The Balaban J connectivity index is 0.000000386. The van der Waals surface area contributed by atoms with Crippen LogP contribution in [0.3, 0.4) is 0 Å². The molecule has 0 aliphatic carbocycles. The van der Waals surface area contributed by atoms with Crippen molar-refractivity contribution in [3.8, 4) is 0 Å². The minimum Gasteiger partial charge on any atom is -0.724 e. The summed E-state index contributed by atoms with van der Waals surface area (Å²) in [6.07, 6.45) is 12.4. The first-order valence-electron chi connectivity index (χ1n) is 17.8. The third-order valence-electron chi connectivity index (χ3n) is 9.59. The van der Waals surface area contributed by atoms with Gasteiger partial charge in [0.2, 0.25) is 32.6 Å². The molecule has 0 spiro atoms. The molecule has 6 amide bonds. The van der Waals surface area contributed by atoms with Gasteiger partial charge in [-0.2, -0.15) is 18.7 Å². The van der Waals surface area contributed by atoms with Gasteiger partial charge in [-0.05, 0) is 51.4 Å². The van der Waals surface area contributed by atoms with E-state index >= 15 is 0 Å². The molecule has 0 aromatic heterocycles. The summed E-state index contributed by atoms with van der Waals surface area (Å²) in [6, 6.07) is -4.28. The minimum atomic E-state index is -5.00. The molecule has 0 aromatic rings. The number of nitrogens with zero attached hydrogens (tertiary/aromatic N) is 5. The van der Waals surface area contributed by atoms with Crippen LogP contribution in [0.15, 0.2) is 0 Å². The molecule has 22 heteroatoms.